The van der Waals surface area contributed by atoms with Gasteiger partial charge in [-0.3, -0.25) is 0 Å². The Balaban J connectivity index is 2.25. The van der Waals surface area contributed by atoms with Gasteiger partial charge in [0.05, 0.1) is 4.90 Å². The van der Waals surface area contributed by atoms with Crippen LogP contribution in [0.2, 0.25) is 0 Å². The molecule has 1 aromatic rings. The van der Waals surface area contributed by atoms with Crippen molar-refractivity contribution in [1.29, 1.82) is 0 Å². The smallest absolute Gasteiger partial charge is 0.244 e. The minimum absolute atomic E-state index is 0.0609. The van der Waals surface area contributed by atoms with Crippen LogP contribution in [0, 0.1) is 0 Å². The van der Waals surface area contributed by atoms with Gasteiger partial charge in [0.1, 0.15) is 0 Å². The van der Waals surface area contributed by atoms with Crippen molar-refractivity contribution in [2.45, 2.75) is 29.7 Å². The number of rotatable bonds is 4. The van der Waals surface area contributed by atoms with Crippen LogP contribution in [0.5, 0.6) is 0 Å². The van der Waals surface area contributed by atoms with Gasteiger partial charge < -0.3 is 4.90 Å². The molecule has 0 atom stereocenters. The van der Waals surface area contributed by atoms with Crippen molar-refractivity contribution in [3.05, 3.63) is 28.2 Å². The largest absolute Gasteiger partial charge is 0.306 e. The Bertz CT molecular complexity index is 601. The van der Waals surface area contributed by atoms with E-state index in [-0.39, 0.29) is 6.04 Å². The molecule has 1 saturated heterocycles. The summed E-state index contributed by atoms with van der Waals surface area (Å²) in [4.78, 5) is 2.53. The summed E-state index contributed by atoms with van der Waals surface area (Å²) in [6, 6.07) is 5.21. The minimum atomic E-state index is -3.49. The molecule has 118 valence electrons. The molecule has 0 bridgehead atoms. The molecule has 0 spiro atoms. The minimum Gasteiger partial charge on any atom is -0.306 e. The average molecular weight is 396 g/mol. The Morgan fingerprint density at radius 1 is 1.38 bits per heavy atom. The first-order valence-electron chi connectivity index (χ1n) is 6.87. The van der Waals surface area contributed by atoms with Crippen molar-refractivity contribution in [2.24, 2.45) is 0 Å². The third-order valence-electron chi connectivity index (χ3n) is 4.01. The van der Waals surface area contributed by atoms with E-state index in [2.05, 4.69) is 27.9 Å². The highest BCUT2D eigenvalue weighted by molar-refractivity contribution is 9.10. The Labute approximate surface area is 140 Å². The summed E-state index contributed by atoms with van der Waals surface area (Å²) in [5.41, 5.74) is 0.893. The molecule has 1 fully saturated rings. The standard InChI is InChI=1S/C14H20BrClN2O2S/c1-17-7-5-12(6-8-17)18(2)21(19,20)14-4-3-11(10-16)9-13(14)15/h3-4,9,12H,5-8,10H2,1-2H3. The van der Waals surface area contributed by atoms with Gasteiger partial charge in [0.15, 0.2) is 0 Å². The lowest BCUT2D eigenvalue weighted by Gasteiger charge is -2.34. The number of hydrogen-bond acceptors (Lipinski definition) is 3. The molecule has 21 heavy (non-hydrogen) atoms. The van der Waals surface area contributed by atoms with Gasteiger partial charge >= 0.3 is 0 Å². The molecule has 0 aromatic heterocycles. The molecule has 0 unspecified atom stereocenters. The summed E-state index contributed by atoms with van der Waals surface area (Å²) < 4.78 is 27.6. The summed E-state index contributed by atoms with van der Waals surface area (Å²) in [5.74, 6) is 0.365. The van der Waals surface area contributed by atoms with E-state index in [1.807, 2.05) is 0 Å². The van der Waals surface area contributed by atoms with Crippen LogP contribution >= 0.6 is 27.5 Å². The fourth-order valence-corrected chi connectivity index (χ4v) is 5.21. The number of halogens is 2. The highest BCUT2D eigenvalue weighted by Gasteiger charge is 2.31. The predicted molar refractivity (Wildman–Crippen MR) is 89.2 cm³/mol. The maximum atomic E-state index is 12.8. The zero-order valence-corrected chi connectivity index (χ0v) is 15.4. The first-order valence-corrected chi connectivity index (χ1v) is 9.64. The molecule has 2 rings (SSSR count). The van der Waals surface area contributed by atoms with Crippen LogP contribution in [-0.2, 0) is 15.9 Å². The van der Waals surface area contributed by atoms with Gasteiger partial charge in [0.2, 0.25) is 10.0 Å². The van der Waals surface area contributed by atoms with Gasteiger partial charge in [-0.2, -0.15) is 4.31 Å². The lowest BCUT2D eigenvalue weighted by atomic mass is 10.1. The maximum Gasteiger partial charge on any atom is 0.244 e. The van der Waals surface area contributed by atoms with Gasteiger partial charge in [-0.1, -0.05) is 6.07 Å². The summed E-state index contributed by atoms with van der Waals surface area (Å²) >= 11 is 9.13. The van der Waals surface area contributed by atoms with E-state index in [0.29, 0.717) is 15.2 Å². The van der Waals surface area contributed by atoms with E-state index in [1.165, 1.54) is 4.31 Å². The molecule has 0 amide bonds. The van der Waals surface area contributed by atoms with Crippen molar-refractivity contribution in [3.63, 3.8) is 0 Å². The van der Waals surface area contributed by atoms with Crippen LogP contribution in [0.15, 0.2) is 27.6 Å². The lowest BCUT2D eigenvalue weighted by Crippen LogP contribution is -2.44. The van der Waals surface area contributed by atoms with Gasteiger partial charge in [-0.25, -0.2) is 8.42 Å². The van der Waals surface area contributed by atoms with Crippen LogP contribution in [0.1, 0.15) is 18.4 Å². The van der Waals surface area contributed by atoms with Crippen LogP contribution in [0.25, 0.3) is 0 Å². The molecule has 1 heterocycles. The molecule has 0 N–H and O–H groups in total. The normalized spacial score (nSPS) is 18.3. The first kappa shape index (κ1) is 17.2. The fraction of sp³-hybridized carbons (Fsp3) is 0.571. The molecular formula is C14H20BrClN2O2S. The van der Waals surface area contributed by atoms with Crippen LogP contribution < -0.4 is 0 Å². The molecule has 7 heteroatoms. The number of piperidine rings is 1. The predicted octanol–water partition coefficient (Wildman–Crippen LogP) is 2.90. The summed E-state index contributed by atoms with van der Waals surface area (Å²) in [5, 5.41) is 0. The van der Waals surface area contributed by atoms with Gasteiger partial charge in [-0.15, -0.1) is 11.6 Å². The number of likely N-dealkylation sites (tertiary alicyclic amines) is 1. The molecule has 0 saturated carbocycles. The Hall–Kier alpha value is -0.140. The van der Waals surface area contributed by atoms with Crippen LogP contribution in [-0.4, -0.2) is 50.8 Å². The van der Waals surface area contributed by atoms with Crippen LogP contribution in [0.4, 0.5) is 0 Å². The van der Waals surface area contributed by atoms with E-state index in [1.54, 1.807) is 25.2 Å². The number of benzene rings is 1. The second kappa shape index (κ2) is 6.96. The van der Waals surface area contributed by atoms with E-state index in [4.69, 9.17) is 11.6 Å². The van der Waals surface area contributed by atoms with Gasteiger partial charge in [0, 0.05) is 23.4 Å². The number of sulfonamides is 1. The fourth-order valence-electron chi connectivity index (χ4n) is 2.55. The molecule has 0 radical (unpaired) electrons. The Kier molecular flexibility index (Phi) is 5.71. The second-order valence-electron chi connectivity index (χ2n) is 5.45. The van der Waals surface area contributed by atoms with Crippen molar-refractivity contribution in [1.82, 2.24) is 9.21 Å². The van der Waals surface area contributed by atoms with Crippen molar-refractivity contribution in [2.75, 3.05) is 27.2 Å². The Morgan fingerprint density at radius 2 is 2.00 bits per heavy atom. The van der Waals surface area contributed by atoms with E-state index in [9.17, 15) is 8.42 Å². The molecule has 1 aliphatic rings. The molecule has 4 nitrogen and oxygen atoms in total. The van der Waals surface area contributed by atoms with E-state index in [0.717, 1.165) is 31.5 Å². The highest BCUT2D eigenvalue weighted by Crippen LogP contribution is 2.29. The average Bonchev–Trinajstić information content (AvgIpc) is 2.46. The number of alkyl halides is 1. The molecule has 0 aliphatic carbocycles. The molecule has 1 aromatic carbocycles. The van der Waals surface area contributed by atoms with E-state index >= 15 is 0 Å². The van der Waals surface area contributed by atoms with Crippen LogP contribution in [0.3, 0.4) is 0 Å². The monoisotopic (exact) mass is 394 g/mol. The van der Waals surface area contributed by atoms with Gasteiger partial charge in [-0.05, 0) is 66.6 Å². The summed E-state index contributed by atoms with van der Waals surface area (Å²) in [6.07, 6.45) is 1.73. The maximum absolute atomic E-state index is 12.8. The topological polar surface area (TPSA) is 40.6 Å². The summed E-state index contributed by atoms with van der Waals surface area (Å²) in [6.45, 7) is 1.85. The third kappa shape index (κ3) is 3.79. The number of nitrogens with zero attached hydrogens (tertiary/aromatic N) is 2. The SMILES string of the molecule is CN1CCC(N(C)S(=O)(=O)c2ccc(CCl)cc2Br)CC1. The summed E-state index contributed by atoms with van der Waals surface area (Å²) in [7, 11) is 0.249. The molecule has 1 aliphatic heterocycles. The highest BCUT2D eigenvalue weighted by atomic mass is 79.9. The molecular weight excluding hydrogens is 376 g/mol. The van der Waals surface area contributed by atoms with Crippen molar-refractivity contribution in [3.8, 4) is 0 Å². The first-order chi connectivity index (χ1) is 9.86. The van der Waals surface area contributed by atoms with Crippen molar-refractivity contribution < 1.29 is 8.42 Å². The zero-order chi connectivity index (χ0) is 15.6. The van der Waals surface area contributed by atoms with E-state index < -0.39 is 10.0 Å². The van der Waals surface area contributed by atoms with Gasteiger partial charge in [0.25, 0.3) is 0 Å². The lowest BCUT2D eigenvalue weighted by molar-refractivity contribution is 0.197. The number of hydrogen-bond donors (Lipinski definition) is 0. The van der Waals surface area contributed by atoms with Crippen molar-refractivity contribution >= 4 is 37.6 Å². The quantitative estimate of drug-likeness (QED) is 0.736. The zero-order valence-electron chi connectivity index (χ0n) is 12.2. The Morgan fingerprint density at radius 3 is 2.52 bits per heavy atom. The second-order valence-corrected chi connectivity index (χ2v) is 8.54. The third-order valence-corrected chi connectivity index (χ3v) is 7.21.